The maximum atomic E-state index is 12.7. The Kier molecular flexibility index (Phi) is 4.04. The summed E-state index contributed by atoms with van der Waals surface area (Å²) in [5.74, 6) is -2.24. The second-order valence-corrected chi connectivity index (χ2v) is 6.26. The molecule has 0 fully saturated rings. The molecule has 0 saturated carbocycles. The third-order valence-corrected chi connectivity index (χ3v) is 4.65. The summed E-state index contributed by atoms with van der Waals surface area (Å²) in [6.07, 6.45) is 2.42. The number of aromatic hydroxyl groups is 1. The topological polar surface area (TPSA) is 150 Å². The molecular formula is C18H12N6O4. The first kappa shape index (κ1) is 17.3. The Balaban J connectivity index is 1.67. The second kappa shape index (κ2) is 6.55. The van der Waals surface area contributed by atoms with Gasteiger partial charge in [0.25, 0.3) is 5.91 Å². The molecule has 0 radical (unpaired) electrons. The monoisotopic (exact) mass is 376 g/mol. The molecule has 2 N–H and O–H groups in total. The highest BCUT2D eigenvalue weighted by Gasteiger charge is 2.26. The number of amides is 2. The number of carbonyl (C=O) groups excluding carboxylic acids is 2. The fraction of sp³-hybridized carbons (Fsp3) is 0.167. The van der Waals surface area contributed by atoms with Crippen molar-refractivity contribution in [3.8, 4) is 11.9 Å². The molecular weight excluding hydrogens is 364 g/mol. The zero-order valence-electron chi connectivity index (χ0n) is 14.3. The Bertz CT molecular complexity index is 1190. The predicted octanol–water partition coefficient (Wildman–Crippen LogP) is 1.63. The Morgan fingerprint density at radius 2 is 2.18 bits per heavy atom. The van der Waals surface area contributed by atoms with E-state index in [1.54, 1.807) is 18.2 Å². The van der Waals surface area contributed by atoms with Gasteiger partial charge in [-0.15, -0.1) is 4.91 Å². The van der Waals surface area contributed by atoms with Gasteiger partial charge < -0.3 is 10.4 Å². The van der Waals surface area contributed by atoms with Gasteiger partial charge in [0.2, 0.25) is 11.7 Å². The number of nitriles is 1. The molecule has 0 unspecified atom stereocenters. The molecule has 3 aromatic rings. The van der Waals surface area contributed by atoms with Crippen molar-refractivity contribution in [2.75, 3.05) is 0 Å². The van der Waals surface area contributed by atoms with Crippen LogP contribution in [-0.4, -0.2) is 31.3 Å². The highest BCUT2D eigenvalue weighted by Crippen LogP contribution is 2.32. The van der Waals surface area contributed by atoms with Crippen molar-refractivity contribution < 1.29 is 14.7 Å². The number of carbonyl (C=O) groups is 2. The maximum Gasteiger partial charge on any atom is 0.333 e. The minimum atomic E-state index is -1.16. The molecule has 10 heteroatoms. The van der Waals surface area contributed by atoms with Crippen LogP contribution in [0.3, 0.4) is 0 Å². The number of benzene rings is 1. The van der Waals surface area contributed by atoms with Gasteiger partial charge in [-0.2, -0.15) is 5.26 Å². The normalized spacial score (nSPS) is 15.0. The van der Waals surface area contributed by atoms with Crippen LogP contribution in [0.5, 0.6) is 5.88 Å². The number of aryl methyl sites for hydroxylation is 1. The van der Waals surface area contributed by atoms with E-state index in [4.69, 9.17) is 5.26 Å². The molecule has 138 valence electrons. The number of aromatic nitrogens is 3. The quantitative estimate of drug-likeness (QED) is 0.659. The summed E-state index contributed by atoms with van der Waals surface area (Å²) in [5, 5.41) is 24.0. The molecule has 0 bridgehead atoms. The van der Waals surface area contributed by atoms with Crippen molar-refractivity contribution in [2.24, 2.45) is 5.18 Å². The average molecular weight is 376 g/mol. The van der Waals surface area contributed by atoms with E-state index in [1.807, 2.05) is 0 Å². The molecule has 0 saturated heterocycles. The van der Waals surface area contributed by atoms with E-state index >= 15 is 0 Å². The molecule has 1 aromatic carbocycles. The lowest BCUT2D eigenvalue weighted by Crippen LogP contribution is -2.28. The highest BCUT2D eigenvalue weighted by molar-refractivity contribution is 5.98. The van der Waals surface area contributed by atoms with Crippen LogP contribution in [0.25, 0.3) is 5.78 Å². The van der Waals surface area contributed by atoms with Crippen LogP contribution < -0.4 is 5.32 Å². The number of nitrogens with zero attached hydrogens (tertiary/aromatic N) is 5. The van der Waals surface area contributed by atoms with Crippen LogP contribution in [0.4, 0.5) is 0 Å². The first-order valence-electron chi connectivity index (χ1n) is 8.30. The zero-order chi connectivity index (χ0) is 19.8. The predicted molar refractivity (Wildman–Crippen MR) is 94.5 cm³/mol. The summed E-state index contributed by atoms with van der Waals surface area (Å²) >= 11 is 0. The Hall–Kier alpha value is -4.13. The summed E-state index contributed by atoms with van der Waals surface area (Å²) in [7, 11) is 0. The van der Waals surface area contributed by atoms with E-state index in [9.17, 15) is 19.6 Å². The van der Waals surface area contributed by atoms with E-state index in [0.29, 0.717) is 12.0 Å². The number of nitroso groups, excluding NO2 is 1. The summed E-state index contributed by atoms with van der Waals surface area (Å²) in [6, 6.07) is 8.19. The molecule has 1 atom stereocenters. The van der Waals surface area contributed by atoms with Crippen molar-refractivity contribution >= 4 is 17.6 Å². The van der Waals surface area contributed by atoms with Crippen LogP contribution in [-0.2, 0) is 6.42 Å². The van der Waals surface area contributed by atoms with Crippen molar-refractivity contribution in [3.05, 3.63) is 63.4 Å². The number of nitrogens with one attached hydrogen (secondary N) is 1. The SMILES string of the molecule is N#Cc1ccc2c(c1)CC[C@@H]2NC(=O)c1cc(C(=O)N=O)n2c(O)cnc2n1. The van der Waals surface area contributed by atoms with Crippen molar-refractivity contribution in [3.63, 3.8) is 0 Å². The van der Waals surface area contributed by atoms with Gasteiger partial charge in [0.15, 0.2) is 0 Å². The van der Waals surface area contributed by atoms with Gasteiger partial charge in [0.1, 0.15) is 11.4 Å². The third kappa shape index (κ3) is 2.75. The van der Waals surface area contributed by atoms with Crippen LogP contribution in [0.2, 0.25) is 0 Å². The fourth-order valence-electron chi connectivity index (χ4n) is 3.37. The Morgan fingerprint density at radius 3 is 2.93 bits per heavy atom. The standard InChI is InChI=1S/C18H12N6O4/c19-7-9-1-3-11-10(5-9)2-4-12(11)21-16(26)13-6-14(17(27)23-28)24-15(25)8-20-18(24)22-13/h1,3,5-6,8,12,25H,2,4H2,(H,21,26)/t12-/m0/s1. The summed E-state index contributed by atoms with van der Waals surface area (Å²) < 4.78 is 0.939. The van der Waals surface area contributed by atoms with Crippen LogP contribution in [0.1, 0.15) is 50.1 Å². The number of hydrogen-bond donors (Lipinski definition) is 2. The summed E-state index contributed by atoms with van der Waals surface area (Å²) in [4.78, 5) is 43.0. The van der Waals surface area contributed by atoms with Gasteiger partial charge in [0, 0.05) is 5.18 Å². The molecule has 28 heavy (non-hydrogen) atoms. The molecule has 1 aliphatic rings. The first-order valence-corrected chi connectivity index (χ1v) is 8.30. The van der Waals surface area contributed by atoms with Gasteiger partial charge in [-0.1, -0.05) is 6.07 Å². The molecule has 0 aliphatic heterocycles. The van der Waals surface area contributed by atoms with Gasteiger partial charge in [0.05, 0.1) is 23.9 Å². The lowest BCUT2D eigenvalue weighted by Gasteiger charge is -2.14. The van der Waals surface area contributed by atoms with Crippen molar-refractivity contribution in [2.45, 2.75) is 18.9 Å². The van der Waals surface area contributed by atoms with E-state index in [0.717, 1.165) is 34.2 Å². The highest BCUT2D eigenvalue weighted by atomic mass is 16.3. The van der Waals surface area contributed by atoms with Gasteiger partial charge in [-0.3, -0.25) is 9.59 Å². The number of fused-ring (bicyclic) bond motifs is 2. The van der Waals surface area contributed by atoms with E-state index in [-0.39, 0.29) is 23.2 Å². The van der Waals surface area contributed by atoms with Crippen LogP contribution in [0.15, 0.2) is 35.6 Å². The number of imidazole rings is 1. The zero-order valence-corrected chi connectivity index (χ0v) is 14.3. The second-order valence-electron chi connectivity index (χ2n) is 6.26. The fourth-order valence-corrected chi connectivity index (χ4v) is 3.37. The maximum absolute atomic E-state index is 12.7. The first-order chi connectivity index (χ1) is 13.5. The lowest BCUT2D eigenvalue weighted by molar-refractivity contribution is 0.0931. The van der Waals surface area contributed by atoms with Crippen LogP contribution >= 0.6 is 0 Å². The van der Waals surface area contributed by atoms with E-state index in [2.05, 4.69) is 26.5 Å². The van der Waals surface area contributed by atoms with Gasteiger partial charge in [-0.25, -0.2) is 14.4 Å². The number of hydrogen-bond acceptors (Lipinski definition) is 7. The molecule has 2 heterocycles. The smallest absolute Gasteiger partial charge is 0.333 e. The largest absolute Gasteiger partial charge is 0.493 e. The molecule has 4 rings (SSSR count). The molecule has 2 aromatic heterocycles. The lowest BCUT2D eigenvalue weighted by atomic mass is 10.1. The third-order valence-electron chi connectivity index (χ3n) is 4.65. The molecule has 0 spiro atoms. The van der Waals surface area contributed by atoms with Gasteiger partial charge >= 0.3 is 5.91 Å². The van der Waals surface area contributed by atoms with Crippen molar-refractivity contribution in [1.29, 1.82) is 5.26 Å². The molecule has 10 nitrogen and oxygen atoms in total. The van der Waals surface area contributed by atoms with E-state index < -0.39 is 17.7 Å². The Labute approximate surface area is 157 Å². The molecule has 1 aliphatic carbocycles. The average Bonchev–Trinajstić information content (AvgIpc) is 3.29. The van der Waals surface area contributed by atoms with Gasteiger partial charge in [-0.05, 0) is 42.2 Å². The molecule has 2 amide bonds. The number of rotatable bonds is 3. The van der Waals surface area contributed by atoms with Crippen LogP contribution in [0, 0.1) is 16.2 Å². The minimum absolute atomic E-state index is 0.109. The summed E-state index contributed by atoms with van der Waals surface area (Å²) in [6.45, 7) is 0. The summed E-state index contributed by atoms with van der Waals surface area (Å²) in [5.41, 5.74) is 2.02. The minimum Gasteiger partial charge on any atom is -0.493 e. The van der Waals surface area contributed by atoms with Crippen molar-refractivity contribution in [1.82, 2.24) is 19.7 Å². The Morgan fingerprint density at radius 1 is 1.36 bits per heavy atom. The van der Waals surface area contributed by atoms with E-state index in [1.165, 1.54) is 0 Å².